The second-order valence-electron chi connectivity index (χ2n) is 5.23. The Morgan fingerprint density at radius 3 is 2.08 bits per heavy atom. The van der Waals surface area contributed by atoms with Crippen LogP contribution in [0.4, 0.5) is 4.39 Å². The zero-order valence-corrected chi connectivity index (χ0v) is 14.0. The van der Waals surface area contributed by atoms with E-state index < -0.39 is 6.10 Å². The molecule has 1 atom stereocenters. The molecule has 0 aliphatic carbocycles. The Balaban J connectivity index is 2.00. The van der Waals surface area contributed by atoms with E-state index in [1.54, 1.807) is 33.5 Å². The summed E-state index contributed by atoms with van der Waals surface area (Å²) in [5.74, 6) is 1.37. The first-order valence-electron chi connectivity index (χ1n) is 7.52. The summed E-state index contributed by atoms with van der Waals surface area (Å²) in [6, 6.07) is 9.50. The molecule has 130 valence electrons. The van der Waals surface area contributed by atoms with E-state index >= 15 is 0 Å². The first-order chi connectivity index (χ1) is 11.6. The Kier molecular flexibility index (Phi) is 6.40. The van der Waals surface area contributed by atoms with E-state index in [1.165, 1.54) is 12.1 Å². The lowest BCUT2D eigenvalue weighted by Gasteiger charge is -2.15. The number of halogens is 1. The first-order valence-corrected chi connectivity index (χ1v) is 7.52. The van der Waals surface area contributed by atoms with Crippen molar-refractivity contribution < 1.29 is 23.7 Å². The molecular weight excluding hydrogens is 313 g/mol. The zero-order valence-electron chi connectivity index (χ0n) is 14.0. The number of hydrogen-bond donors (Lipinski definition) is 2. The SMILES string of the molecule is COc1cc(CNCC(O)c2ccc(F)cc2)cc(OC)c1OC. The fourth-order valence-corrected chi connectivity index (χ4v) is 2.39. The quantitative estimate of drug-likeness (QED) is 0.777. The van der Waals surface area contributed by atoms with Gasteiger partial charge in [0.05, 0.1) is 27.4 Å². The molecule has 6 heteroatoms. The predicted molar refractivity (Wildman–Crippen MR) is 89.2 cm³/mol. The van der Waals surface area contributed by atoms with Gasteiger partial charge in [-0.2, -0.15) is 0 Å². The van der Waals surface area contributed by atoms with Gasteiger partial charge in [-0.05, 0) is 35.4 Å². The number of aliphatic hydroxyl groups is 1. The maximum atomic E-state index is 12.9. The van der Waals surface area contributed by atoms with Crippen LogP contribution in [0.5, 0.6) is 17.2 Å². The molecule has 2 rings (SSSR count). The van der Waals surface area contributed by atoms with E-state index in [4.69, 9.17) is 14.2 Å². The van der Waals surface area contributed by atoms with Crippen LogP contribution in [0.15, 0.2) is 36.4 Å². The molecule has 5 nitrogen and oxygen atoms in total. The highest BCUT2D eigenvalue weighted by molar-refractivity contribution is 5.53. The van der Waals surface area contributed by atoms with Crippen LogP contribution in [0.25, 0.3) is 0 Å². The minimum Gasteiger partial charge on any atom is -0.493 e. The van der Waals surface area contributed by atoms with Crippen LogP contribution in [0.3, 0.4) is 0 Å². The number of nitrogens with one attached hydrogen (secondary N) is 1. The number of benzene rings is 2. The summed E-state index contributed by atoms with van der Waals surface area (Å²) in [6.07, 6.45) is -0.715. The third-order valence-electron chi connectivity index (χ3n) is 3.65. The Morgan fingerprint density at radius 2 is 1.58 bits per heavy atom. The van der Waals surface area contributed by atoms with Gasteiger partial charge in [-0.15, -0.1) is 0 Å². The highest BCUT2D eigenvalue weighted by atomic mass is 19.1. The van der Waals surface area contributed by atoms with E-state index in [1.807, 2.05) is 12.1 Å². The van der Waals surface area contributed by atoms with Crippen LogP contribution < -0.4 is 19.5 Å². The van der Waals surface area contributed by atoms with Gasteiger partial charge in [0.15, 0.2) is 11.5 Å². The lowest BCUT2D eigenvalue weighted by molar-refractivity contribution is 0.174. The minimum atomic E-state index is -0.715. The van der Waals surface area contributed by atoms with Gasteiger partial charge in [-0.25, -0.2) is 4.39 Å². The highest BCUT2D eigenvalue weighted by Gasteiger charge is 2.13. The van der Waals surface area contributed by atoms with Crippen LogP contribution in [0, 0.1) is 5.82 Å². The van der Waals surface area contributed by atoms with Crippen molar-refractivity contribution in [1.82, 2.24) is 5.32 Å². The third-order valence-corrected chi connectivity index (χ3v) is 3.65. The van der Waals surface area contributed by atoms with Crippen LogP contribution in [0.2, 0.25) is 0 Å². The number of ether oxygens (including phenoxy) is 3. The Bertz CT molecular complexity index is 636. The molecule has 2 aromatic rings. The van der Waals surface area contributed by atoms with Crippen LogP contribution in [-0.4, -0.2) is 33.0 Å². The lowest BCUT2D eigenvalue weighted by atomic mass is 10.1. The van der Waals surface area contributed by atoms with Gasteiger partial charge in [-0.3, -0.25) is 0 Å². The molecule has 0 radical (unpaired) electrons. The van der Waals surface area contributed by atoms with Gasteiger partial charge in [0.25, 0.3) is 0 Å². The number of rotatable bonds is 8. The van der Waals surface area contributed by atoms with E-state index in [-0.39, 0.29) is 5.82 Å². The van der Waals surface area contributed by atoms with E-state index in [0.29, 0.717) is 35.9 Å². The summed E-state index contributed by atoms with van der Waals surface area (Å²) in [4.78, 5) is 0. The fraction of sp³-hybridized carbons (Fsp3) is 0.333. The highest BCUT2D eigenvalue weighted by Crippen LogP contribution is 2.38. The Hall–Kier alpha value is -2.31. The van der Waals surface area contributed by atoms with Crippen molar-refractivity contribution in [3.05, 3.63) is 53.3 Å². The molecule has 0 amide bonds. The van der Waals surface area contributed by atoms with Gasteiger partial charge < -0.3 is 24.6 Å². The normalized spacial score (nSPS) is 11.9. The smallest absolute Gasteiger partial charge is 0.203 e. The van der Waals surface area contributed by atoms with E-state index in [9.17, 15) is 9.50 Å². The second-order valence-corrected chi connectivity index (χ2v) is 5.23. The van der Waals surface area contributed by atoms with Crippen molar-refractivity contribution in [3.63, 3.8) is 0 Å². The summed E-state index contributed by atoms with van der Waals surface area (Å²) in [6.45, 7) is 0.845. The molecule has 0 heterocycles. The average molecular weight is 335 g/mol. The number of methoxy groups -OCH3 is 3. The molecule has 24 heavy (non-hydrogen) atoms. The molecule has 0 fully saturated rings. The molecular formula is C18H22FNO4. The van der Waals surface area contributed by atoms with Crippen molar-refractivity contribution in [1.29, 1.82) is 0 Å². The minimum absolute atomic E-state index is 0.323. The van der Waals surface area contributed by atoms with Crippen molar-refractivity contribution in [3.8, 4) is 17.2 Å². The number of hydrogen-bond acceptors (Lipinski definition) is 5. The predicted octanol–water partition coefficient (Wildman–Crippen LogP) is 2.67. The molecule has 2 N–H and O–H groups in total. The Labute approximate surface area is 141 Å². The number of aliphatic hydroxyl groups excluding tert-OH is 1. The van der Waals surface area contributed by atoms with Crippen LogP contribution in [0.1, 0.15) is 17.2 Å². The summed E-state index contributed by atoms with van der Waals surface area (Å²) in [7, 11) is 4.68. The van der Waals surface area contributed by atoms with Gasteiger partial charge in [0, 0.05) is 13.1 Å². The Morgan fingerprint density at radius 1 is 1.00 bits per heavy atom. The van der Waals surface area contributed by atoms with Crippen LogP contribution in [-0.2, 0) is 6.54 Å². The molecule has 2 aromatic carbocycles. The van der Waals surface area contributed by atoms with Crippen molar-refractivity contribution >= 4 is 0 Å². The van der Waals surface area contributed by atoms with Gasteiger partial charge in [0.2, 0.25) is 5.75 Å². The molecule has 0 spiro atoms. The van der Waals surface area contributed by atoms with Gasteiger partial charge >= 0.3 is 0 Å². The van der Waals surface area contributed by atoms with Crippen molar-refractivity contribution in [2.45, 2.75) is 12.6 Å². The lowest BCUT2D eigenvalue weighted by Crippen LogP contribution is -2.21. The summed E-state index contributed by atoms with van der Waals surface area (Å²) < 4.78 is 28.8. The molecule has 0 saturated heterocycles. The largest absolute Gasteiger partial charge is 0.493 e. The van der Waals surface area contributed by atoms with Gasteiger partial charge in [0.1, 0.15) is 5.82 Å². The van der Waals surface area contributed by atoms with Crippen molar-refractivity contribution in [2.24, 2.45) is 0 Å². The molecule has 0 aliphatic heterocycles. The van der Waals surface area contributed by atoms with E-state index in [2.05, 4.69) is 5.32 Å². The molecule has 1 unspecified atom stereocenters. The zero-order chi connectivity index (χ0) is 17.5. The van der Waals surface area contributed by atoms with Crippen LogP contribution >= 0.6 is 0 Å². The molecule has 0 aromatic heterocycles. The maximum Gasteiger partial charge on any atom is 0.203 e. The average Bonchev–Trinajstić information content (AvgIpc) is 2.61. The van der Waals surface area contributed by atoms with Gasteiger partial charge in [-0.1, -0.05) is 12.1 Å². The molecule has 0 aliphatic rings. The third kappa shape index (κ3) is 4.37. The monoisotopic (exact) mass is 335 g/mol. The standard InChI is InChI=1S/C18H22FNO4/c1-22-16-8-12(9-17(23-2)18(16)24-3)10-20-11-15(21)13-4-6-14(19)7-5-13/h4-9,15,20-21H,10-11H2,1-3H3. The molecule has 0 saturated carbocycles. The topological polar surface area (TPSA) is 60.0 Å². The maximum absolute atomic E-state index is 12.9. The summed E-state index contributed by atoms with van der Waals surface area (Å²) >= 11 is 0. The molecule has 0 bridgehead atoms. The first kappa shape index (κ1) is 18.0. The van der Waals surface area contributed by atoms with E-state index in [0.717, 1.165) is 5.56 Å². The summed E-state index contributed by atoms with van der Waals surface area (Å²) in [5.41, 5.74) is 1.59. The summed E-state index contributed by atoms with van der Waals surface area (Å²) in [5, 5.41) is 13.3. The second kappa shape index (κ2) is 8.52. The fourth-order valence-electron chi connectivity index (χ4n) is 2.39. The van der Waals surface area contributed by atoms with Crippen molar-refractivity contribution in [2.75, 3.05) is 27.9 Å².